The number of anilines is 1. The van der Waals surface area contributed by atoms with Gasteiger partial charge in [-0.15, -0.1) is 0 Å². The fraction of sp³-hybridized carbons (Fsp3) is 0.381. The van der Waals surface area contributed by atoms with Gasteiger partial charge in [-0.2, -0.15) is 0 Å². The van der Waals surface area contributed by atoms with Gasteiger partial charge < -0.3 is 4.90 Å². The third kappa shape index (κ3) is 3.34. The van der Waals surface area contributed by atoms with E-state index in [1.807, 2.05) is 6.20 Å². The molecule has 0 spiro atoms. The Labute approximate surface area is 162 Å². The molecular weight excluding hydrogens is 359 g/mol. The Hall–Kier alpha value is -2.34. The molecule has 0 amide bonds. The first-order valence-electron chi connectivity index (χ1n) is 9.54. The standard InChI is InChI=1S/C21H20FN4S/c22-16-8-6-15(7-9-16)18-20(19-17(14-4-5-14)12-23-13-24-19)27-21(25-18)26-10-2-1-3-11-26/h6-9,12,14H,1-5,10-11H2. The Morgan fingerprint density at radius 3 is 2.56 bits per heavy atom. The van der Waals surface area contributed by atoms with Crippen molar-refractivity contribution >= 4 is 16.5 Å². The molecule has 1 aliphatic carbocycles. The van der Waals surface area contributed by atoms with Crippen molar-refractivity contribution < 1.29 is 4.39 Å². The molecule has 6 heteroatoms. The fourth-order valence-electron chi connectivity index (χ4n) is 3.67. The van der Waals surface area contributed by atoms with Crippen LogP contribution >= 0.6 is 11.3 Å². The molecule has 1 saturated carbocycles. The van der Waals surface area contributed by atoms with Crippen LogP contribution in [0.5, 0.6) is 0 Å². The largest absolute Gasteiger partial charge is 0.348 e. The van der Waals surface area contributed by atoms with E-state index in [4.69, 9.17) is 4.98 Å². The van der Waals surface area contributed by atoms with Gasteiger partial charge in [0.15, 0.2) is 11.5 Å². The third-order valence-electron chi connectivity index (χ3n) is 5.29. The van der Waals surface area contributed by atoms with Gasteiger partial charge in [0.2, 0.25) is 0 Å². The van der Waals surface area contributed by atoms with Crippen molar-refractivity contribution in [1.29, 1.82) is 0 Å². The second kappa shape index (κ2) is 7.00. The molecule has 2 aromatic heterocycles. The van der Waals surface area contributed by atoms with Crippen LogP contribution in [-0.2, 0) is 0 Å². The van der Waals surface area contributed by atoms with Crippen LogP contribution in [0.2, 0.25) is 0 Å². The van der Waals surface area contributed by atoms with Crippen molar-refractivity contribution in [2.45, 2.75) is 38.0 Å². The van der Waals surface area contributed by atoms with Crippen LogP contribution in [0.25, 0.3) is 21.8 Å². The molecule has 3 heterocycles. The van der Waals surface area contributed by atoms with E-state index in [1.165, 1.54) is 49.8 Å². The third-order valence-corrected chi connectivity index (χ3v) is 6.41. The quantitative estimate of drug-likeness (QED) is 0.634. The Bertz CT molecular complexity index is 943. The molecule has 1 radical (unpaired) electrons. The molecule has 27 heavy (non-hydrogen) atoms. The Morgan fingerprint density at radius 2 is 1.81 bits per heavy atom. The molecule has 1 aromatic carbocycles. The zero-order valence-corrected chi connectivity index (χ0v) is 15.8. The molecule has 0 atom stereocenters. The first-order chi connectivity index (χ1) is 13.3. The van der Waals surface area contributed by atoms with Crippen LogP contribution in [-0.4, -0.2) is 28.0 Å². The lowest BCUT2D eigenvalue weighted by atomic mass is 10.1. The van der Waals surface area contributed by atoms with E-state index < -0.39 is 0 Å². The smallest absolute Gasteiger partial charge is 0.198 e. The lowest BCUT2D eigenvalue weighted by molar-refractivity contribution is 0.577. The van der Waals surface area contributed by atoms with Crippen LogP contribution < -0.4 is 4.90 Å². The van der Waals surface area contributed by atoms with Gasteiger partial charge in [-0.05, 0) is 62.3 Å². The Morgan fingerprint density at radius 1 is 1.04 bits per heavy atom. The Kier molecular flexibility index (Phi) is 4.36. The summed E-state index contributed by atoms with van der Waals surface area (Å²) in [5, 5.41) is 1.03. The maximum absolute atomic E-state index is 13.4. The summed E-state index contributed by atoms with van der Waals surface area (Å²) < 4.78 is 13.4. The predicted molar refractivity (Wildman–Crippen MR) is 105 cm³/mol. The zero-order valence-electron chi connectivity index (χ0n) is 15.0. The number of halogens is 1. The summed E-state index contributed by atoms with van der Waals surface area (Å²) in [6.07, 6.45) is 10.7. The predicted octanol–water partition coefficient (Wildman–Crippen LogP) is 5.07. The van der Waals surface area contributed by atoms with Crippen LogP contribution in [0.15, 0.2) is 30.5 Å². The van der Waals surface area contributed by atoms with E-state index in [1.54, 1.807) is 23.5 Å². The fourth-order valence-corrected chi connectivity index (χ4v) is 4.82. The summed E-state index contributed by atoms with van der Waals surface area (Å²) in [7, 11) is 0. The van der Waals surface area contributed by atoms with E-state index in [0.29, 0.717) is 5.92 Å². The number of hydrogen-bond acceptors (Lipinski definition) is 5. The lowest BCUT2D eigenvalue weighted by Crippen LogP contribution is -2.29. The maximum Gasteiger partial charge on any atom is 0.198 e. The molecule has 137 valence electrons. The van der Waals surface area contributed by atoms with Gasteiger partial charge >= 0.3 is 0 Å². The second-order valence-electron chi connectivity index (χ2n) is 7.28. The molecule has 1 saturated heterocycles. The van der Waals surface area contributed by atoms with Gasteiger partial charge in [0.25, 0.3) is 0 Å². The molecule has 0 unspecified atom stereocenters. The average molecular weight is 379 g/mol. The lowest BCUT2D eigenvalue weighted by Gasteiger charge is -2.25. The van der Waals surface area contributed by atoms with Crippen molar-refractivity contribution in [2.75, 3.05) is 18.0 Å². The molecule has 5 rings (SSSR count). The van der Waals surface area contributed by atoms with E-state index in [9.17, 15) is 4.39 Å². The molecule has 3 aromatic rings. The number of thiazole rings is 1. The molecule has 2 aliphatic rings. The summed E-state index contributed by atoms with van der Waals surface area (Å²) in [6.45, 7) is 2.09. The highest BCUT2D eigenvalue weighted by Gasteiger charge is 2.30. The molecule has 4 nitrogen and oxygen atoms in total. The molecular formula is C21H20FN4S. The summed E-state index contributed by atoms with van der Waals surface area (Å²) >= 11 is 1.69. The van der Waals surface area contributed by atoms with Crippen LogP contribution in [0.3, 0.4) is 0 Å². The first-order valence-corrected chi connectivity index (χ1v) is 10.4. The minimum atomic E-state index is -0.235. The van der Waals surface area contributed by atoms with Crippen LogP contribution in [0.1, 0.15) is 43.6 Å². The van der Waals surface area contributed by atoms with Gasteiger partial charge in [-0.1, -0.05) is 11.3 Å². The van der Waals surface area contributed by atoms with Gasteiger partial charge in [0.1, 0.15) is 5.82 Å². The molecule has 0 N–H and O–H groups in total. The van der Waals surface area contributed by atoms with Gasteiger partial charge in [-0.25, -0.2) is 19.3 Å². The van der Waals surface area contributed by atoms with Gasteiger partial charge in [0, 0.05) is 30.4 Å². The highest BCUT2D eigenvalue weighted by Crippen LogP contribution is 2.47. The van der Waals surface area contributed by atoms with E-state index >= 15 is 0 Å². The monoisotopic (exact) mass is 379 g/mol. The van der Waals surface area contributed by atoms with E-state index in [0.717, 1.165) is 40.0 Å². The summed E-state index contributed by atoms with van der Waals surface area (Å²) in [5.74, 6) is 0.303. The number of nitrogens with zero attached hydrogens (tertiary/aromatic N) is 4. The van der Waals surface area contributed by atoms with Crippen LogP contribution in [0.4, 0.5) is 9.52 Å². The first kappa shape index (κ1) is 16.8. The zero-order chi connectivity index (χ0) is 18.2. The number of aromatic nitrogens is 3. The van der Waals surface area contributed by atoms with Gasteiger partial charge in [0.05, 0.1) is 16.3 Å². The number of hydrogen-bond donors (Lipinski definition) is 0. The minimum Gasteiger partial charge on any atom is -0.348 e. The van der Waals surface area contributed by atoms with Crippen molar-refractivity contribution in [3.05, 3.63) is 48.2 Å². The number of benzene rings is 1. The minimum absolute atomic E-state index is 0.235. The maximum atomic E-state index is 13.4. The molecule has 2 fully saturated rings. The SMILES string of the molecule is Fc1ccc(-c2nc(N3CCCCC3)sc2-c2n[c]ncc2C2CC2)cc1. The van der Waals surface area contributed by atoms with Crippen LogP contribution in [0, 0.1) is 12.1 Å². The highest BCUT2D eigenvalue weighted by atomic mass is 32.1. The molecule has 0 bridgehead atoms. The number of rotatable bonds is 4. The van der Waals surface area contributed by atoms with Crippen molar-refractivity contribution in [1.82, 2.24) is 15.0 Å². The topological polar surface area (TPSA) is 41.9 Å². The highest BCUT2D eigenvalue weighted by molar-refractivity contribution is 7.19. The normalized spacial score (nSPS) is 17.3. The average Bonchev–Trinajstić information content (AvgIpc) is 3.48. The molecule has 1 aliphatic heterocycles. The van der Waals surface area contributed by atoms with E-state index in [2.05, 4.69) is 21.2 Å². The Balaban J connectivity index is 1.64. The second-order valence-corrected chi connectivity index (χ2v) is 8.25. The summed E-state index contributed by atoms with van der Waals surface area (Å²) in [4.78, 5) is 17.0. The van der Waals surface area contributed by atoms with Crippen molar-refractivity contribution in [3.8, 4) is 21.8 Å². The van der Waals surface area contributed by atoms with E-state index in [-0.39, 0.29) is 5.82 Å². The summed E-state index contributed by atoms with van der Waals surface area (Å²) in [5.41, 5.74) is 3.93. The van der Waals surface area contributed by atoms with Gasteiger partial charge in [-0.3, -0.25) is 0 Å². The van der Waals surface area contributed by atoms with Crippen molar-refractivity contribution in [2.24, 2.45) is 0 Å². The summed E-state index contributed by atoms with van der Waals surface area (Å²) in [6, 6.07) is 6.59. The van der Waals surface area contributed by atoms with Crippen molar-refractivity contribution in [3.63, 3.8) is 0 Å². The number of piperidine rings is 1.